The van der Waals surface area contributed by atoms with Gasteiger partial charge in [-0.05, 0) is 34.2 Å². The molecule has 4 aromatic rings. The molecule has 0 saturated carbocycles. The summed E-state index contributed by atoms with van der Waals surface area (Å²) in [6.45, 7) is 0.598. The van der Waals surface area contributed by atoms with Gasteiger partial charge in [-0.15, -0.1) is 16.4 Å². The topological polar surface area (TPSA) is 65.7 Å². The molecular formula is C19H16ClN5OS2. The molecule has 0 N–H and O–H groups in total. The maximum absolute atomic E-state index is 6.27. The van der Waals surface area contributed by atoms with Crippen molar-refractivity contribution in [3.8, 4) is 16.3 Å². The Bertz CT molecular complexity index is 1060. The number of ether oxygens (including phenoxy) is 1. The lowest BCUT2D eigenvalue weighted by atomic mass is 10.2. The van der Waals surface area contributed by atoms with E-state index in [-0.39, 0.29) is 0 Å². The molecule has 4 rings (SSSR count). The van der Waals surface area contributed by atoms with E-state index in [4.69, 9.17) is 21.3 Å². The minimum atomic E-state index is 0.598. The van der Waals surface area contributed by atoms with Crippen molar-refractivity contribution in [3.05, 3.63) is 70.2 Å². The van der Waals surface area contributed by atoms with E-state index in [1.165, 1.54) is 0 Å². The number of halogens is 1. The molecule has 0 aliphatic carbocycles. The van der Waals surface area contributed by atoms with E-state index in [1.54, 1.807) is 34.9 Å². The van der Waals surface area contributed by atoms with Crippen LogP contribution < -0.4 is 4.74 Å². The summed E-state index contributed by atoms with van der Waals surface area (Å²) in [5.41, 5.74) is 3.03. The van der Waals surface area contributed by atoms with E-state index in [1.807, 2.05) is 53.9 Å². The Morgan fingerprint density at radius 2 is 1.96 bits per heavy atom. The van der Waals surface area contributed by atoms with Crippen LogP contribution >= 0.6 is 34.7 Å². The first kappa shape index (κ1) is 18.9. The minimum Gasteiger partial charge on any atom is -0.497 e. The summed E-state index contributed by atoms with van der Waals surface area (Å²) in [6.07, 6.45) is 0. The van der Waals surface area contributed by atoms with Gasteiger partial charge >= 0.3 is 0 Å². The molecule has 2 aromatic carbocycles. The van der Waals surface area contributed by atoms with Crippen LogP contribution in [0.2, 0.25) is 5.02 Å². The highest BCUT2D eigenvalue weighted by Gasteiger charge is 2.11. The Hall–Kier alpha value is -2.42. The van der Waals surface area contributed by atoms with Gasteiger partial charge in [0, 0.05) is 16.7 Å². The standard InChI is InChI=1S/C19H16ClN5OS2/c1-26-15-8-6-13(7-9-15)10-25-19(22-23-24-25)28-12-14-11-27-18(21-14)16-4-2-3-5-17(16)20/h2-9,11H,10,12H2,1H3. The molecule has 0 unspecified atom stereocenters. The maximum Gasteiger partial charge on any atom is 0.210 e. The smallest absolute Gasteiger partial charge is 0.210 e. The van der Waals surface area contributed by atoms with Crippen molar-refractivity contribution in [1.29, 1.82) is 0 Å². The number of methoxy groups -OCH3 is 1. The van der Waals surface area contributed by atoms with Gasteiger partial charge in [0.05, 0.1) is 24.4 Å². The molecule has 9 heteroatoms. The Labute approximate surface area is 175 Å². The summed E-state index contributed by atoms with van der Waals surface area (Å²) in [6, 6.07) is 15.6. The third kappa shape index (κ3) is 4.35. The lowest BCUT2D eigenvalue weighted by molar-refractivity contribution is 0.414. The molecule has 0 bridgehead atoms. The Morgan fingerprint density at radius 3 is 2.75 bits per heavy atom. The van der Waals surface area contributed by atoms with Crippen molar-refractivity contribution < 1.29 is 4.74 Å². The van der Waals surface area contributed by atoms with E-state index >= 15 is 0 Å². The zero-order valence-corrected chi connectivity index (χ0v) is 17.3. The Kier molecular flexibility index (Phi) is 5.90. The van der Waals surface area contributed by atoms with Crippen molar-refractivity contribution >= 4 is 34.7 Å². The maximum atomic E-state index is 6.27. The summed E-state index contributed by atoms with van der Waals surface area (Å²) >= 11 is 9.41. The average molecular weight is 430 g/mol. The number of tetrazole rings is 1. The normalized spacial score (nSPS) is 10.9. The molecule has 0 spiro atoms. The largest absolute Gasteiger partial charge is 0.497 e. The summed E-state index contributed by atoms with van der Waals surface area (Å²) in [5.74, 6) is 1.51. The van der Waals surface area contributed by atoms with Gasteiger partial charge in [0.1, 0.15) is 10.8 Å². The lowest BCUT2D eigenvalue weighted by Gasteiger charge is -2.05. The molecule has 142 valence electrons. The predicted octanol–water partition coefficient (Wildman–Crippen LogP) is 4.80. The molecule has 28 heavy (non-hydrogen) atoms. The third-order valence-electron chi connectivity index (χ3n) is 4.00. The third-order valence-corrected chi connectivity index (χ3v) is 6.24. The van der Waals surface area contributed by atoms with E-state index in [0.717, 1.165) is 32.7 Å². The van der Waals surface area contributed by atoms with Crippen LogP contribution in [0.5, 0.6) is 5.75 Å². The van der Waals surface area contributed by atoms with Crippen molar-refractivity contribution in [2.75, 3.05) is 7.11 Å². The van der Waals surface area contributed by atoms with Crippen LogP contribution in [0.25, 0.3) is 10.6 Å². The number of rotatable bonds is 7. The van der Waals surface area contributed by atoms with Gasteiger partial charge in [0.25, 0.3) is 0 Å². The van der Waals surface area contributed by atoms with Crippen LogP contribution in [-0.4, -0.2) is 32.3 Å². The molecule has 2 heterocycles. The molecular weight excluding hydrogens is 414 g/mol. The molecule has 2 aromatic heterocycles. The van der Waals surface area contributed by atoms with Crippen LogP contribution in [-0.2, 0) is 12.3 Å². The molecule has 0 saturated heterocycles. The van der Waals surface area contributed by atoms with Crippen LogP contribution in [0, 0.1) is 0 Å². The quantitative estimate of drug-likeness (QED) is 0.393. The summed E-state index contributed by atoms with van der Waals surface area (Å²) in [7, 11) is 1.65. The van der Waals surface area contributed by atoms with Gasteiger partial charge in [-0.3, -0.25) is 0 Å². The van der Waals surface area contributed by atoms with Gasteiger partial charge in [-0.1, -0.05) is 53.7 Å². The molecule has 0 amide bonds. The van der Waals surface area contributed by atoms with E-state index < -0.39 is 0 Å². The van der Waals surface area contributed by atoms with Crippen molar-refractivity contribution in [2.24, 2.45) is 0 Å². The van der Waals surface area contributed by atoms with Gasteiger partial charge in [0.2, 0.25) is 5.16 Å². The van der Waals surface area contributed by atoms with Gasteiger partial charge < -0.3 is 4.74 Å². The van der Waals surface area contributed by atoms with Crippen molar-refractivity contribution in [1.82, 2.24) is 25.2 Å². The second-order valence-corrected chi connectivity index (χ2v) is 8.09. The van der Waals surface area contributed by atoms with E-state index in [0.29, 0.717) is 17.3 Å². The monoisotopic (exact) mass is 429 g/mol. The number of benzene rings is 2. The first-order chi connectivity index (χ1) is 13.7. The number of thiazole rings is 1. The highest BCUT2D eigenvalue weighted by Crippen LogP contribution is 2.31. The van der Waals surface area contributed by atoms with Crippen LogP contribution in [0.15, 0.2) is 59.1 Å². The van der Waals surface area contributed by atoms with Crippen molar-refractivity contribution in [3.63, 3.8) is 0 Å². The molecule has 0 atom stereocenters. The minimum absolute atomic E-state index is 0.598. The average Bonchev–Trinajstić information content (AvgIpc) is 3.37. The summed E-state index contributed by atoms with van der Waals surface area (Å²) < 4.78 is 6.98. The number of thioether (sulfide) groups is 1. The van der Waals surface area contributed by atoms with Gasteiger partial charge in [-0.25, -0.2) is 9.67 Å². The van der Waals surface area contributed by atoms with Gasteiger partial charge in [-0.2, -0.15) is 0 Å². The number of hydrogen-bond acceptors (Lipinski definition) is 7. The zero-order valence-electron chi connectivity index (χ0n) is 14.9. The summed E-state index contributed by atoms with van der Waals surface area (Å²) in [4.78, 5) is 4.70. The fourth-order valence-corrected chi connectivity index (χ4v) is 4.59. The van der Waals surface area contributed by atoms with Crippen LogP contribution in [0.1, 0.15) is 11.3 Å². The van der Waals surface area contributed by atoms with E-state index in [2.05, 4.69) is 15.5 Å². The summed E-state index contributed by atoms with van der Waals surface area (Å²) in [5, 5.41) is 16.5. The molecule has 0 radical (unpaired) electrons. The first-order valence-corrected chi connectivity index (χ1v) is 10.7. The molecule has 6 nitrogen and oxygen atoms in total. The highest BCUT2D eigenvalue weighted by atomic mass is 35.5. The number of hydrogen-bond donors (Lipinski definition) is 0. The number of aromatic nitrogens is 5. The first-order valence-electron chi connectivity index (χ1n) is 8.44. The molecule has 0 fully saturated rings. The predicted molar refractivity (Wildman–Crippen MR) is 112 cm³/mol. The SMILES string of the molecule is COc1ccc(Cn2nnnc2SCc2csc(-c3ccccc3Cl)n2)cc1. The second kappa shape index (κ2) is 8.72. The van der Waals surface area contributed by atoms with Crippen LogP contribution in [0.3, 0.4) is 0 Å². The Balaban J connectivity index is 1.42. The van der Waals surface area contributed by atoms with Gasteiger partial charge in [0.15, 0.2) is 0 Å². The van der Waals surface area contributed by atoms with E-state index in [9.17, 15) is 0 Å². The van der Waals surface area contributed by atoms with Crippen LogP contribution in [0.4, 0.5) is 0 Å². The second-order valence-electron chi connectivity index (χ2n) is 5.88. The fourth-order valence-electron chi connectivity index (χ4n) is 2.57. The number of nitrogens with zero attached hydrogens (tertiary/aromatic N) is 5. The molecule has 0 aliphatic heterocycles. The zero-order chi connectivity index (χ0) is 19.3. The molecule has 0 aliphatic rings. The lowest BCUT2D eigenvalue weighted by Crippen LogP contribution is -2.04. The Morgan fingerprint density at radius 1 is 1.14 bits per heavy atom. The highest BCUT2D eigenvalue weighted by molar-refractivity contribution is 7.98. The van der Waals surface area contributed by atoms with Crippen molar-refractivity contribution in [2.45, 2.75) is 17.5 Å². The fraction of sp³-hybridized carbons (Fsp3) is 0.158.